The Labute approximate surface area is 160 Å². The van der Waals surface area contributed by atoms with Crippen LogP contribution in [0.1, 0.15) is 32.3 Å². The van der Waals surface area contributed by atoms with Crippen molar-refractivity contribution in [3.05, 3.63) is 48.3 Å². The third kappa shape index (κ3) is 5.35. The maximum absolute atomic E-state index is 13.2. The molecule has 1 saturated heterocycles. The molecule has 1 aliphatic heterocycles. The fourth-order valence-electron chi connectivity index (χ4n) is 3.66. The van der Waals surface area contributed by atoms with Crippen molar-refractivity contribution < 1.29 is 9.18 Å². The first-order valence-corrected chi connectivity index (χ1v) is 9.61. The molecule has 2 aromatic rings. The van der Waals surface area contributed by atoms with Crippen LogP contribution in [-0.2, 0) is 17.9 Å². The highest BCUT2D eigenvalue weighted by molar-refractivity contribution is 5.76. The van der Waals surface area contributed by atoms with E-state index in [1.165, 1.54) is 12.1 Å². The van der Waals surface area contributed by atoms with Crippen molar-refractivity contribution in [2.24, 2.45) is 5.92 Å². The van der Waals surface area contributed by atoms with Crippen LogP contribution in [0.4, 0.5) is 4.39 Å². The van der Waals surface area contributed by atoms with Gasteiger partial charge in [-0.2, -0.15) is 0 Å². The van der Waals surface area contributed by atoms with Crippen LogP contribution in [0.2, 0.25) is 0 Å². The van der Waals surface area contributed by atoms with Gasteiger partial charge in [0.1, 0.15) is 18.5 Å². The number of carbonyl (C=O) groups is 1. The molecule has 0 N–H and O–H groups in total. The second kappa shape index (κ2) is 9.08. The van der Waals surface area contributed by atoms with Gasteiger partial charge in [0.2, 0.25) is 5.91 Å². The van der Waals surface area contributed by atoms with E-state index >= 15 is 0 Å². The maximum atomic E-state index is 13.2. The smallest absolute Gasteiger partial charge is 0.224 e. The van der Waals surface area contributed by atoms with Crippen LogP contribution >= 0.6 is 0 Å². The Morgan fingerprint density at radius 1 is 1.19 bits per heavy atom. The Hall–Kier alpha value is -2.28. The Morgan fingerprint density at radius 3 is 2.56 bits per heavy atom. The van der Waals surface area contributed by atoms with Crippen LogP contribution in [-0.4, -0.2) is 56.1 Å². The van der Waals surface area contributed by atoms with Crippen LogP contribution in [0.3, 0.4) is 0 Å². The van der Waals surface area contributed by atoms with Crippen molar-refractivity contribution in [2.75, 3.05) is 19.6 Å². The van der Waals surface area contributed by atoms with Gasteiger partial charge >= 0.3 is 0 Å². The minimum atomic E-state index is -0.208. The molecule has 0 radical (unpaired) electrons. The van der Waals surface area contributed by atoms with Gasteiger partial charge in [-0.15, -0.1) is 10.2 Å². The summed E-state index contributed by atoms with van der Waals surface area (Å²) in [6.45, 7) is 8.25. The maximum Gasteiger partial charge on any atom is 0.224 e. The largest absolute Gasteiger partial charge is 0.341 e. The van der Waals surface area contributed by atoms with Gasteiger partial charge in [0.25, 0.3) is 0 Å². The lowest BCUT2D eigenvalue weighted by Gasteiger charge is -2.34. The minimum Gasteiger partial charge on any atom is -0.341 e. The van der Waals surface area contributed by atoms with E-state index in [0.717, 1.165) is 38.2 Å². The molecule has 1 fully saturated rings. The second-order valence-electron chi connectivity index (χ2n) is 7.55. The van der Waals surface area contributed by atoms with Gasteiger partial charge in [0.15, 0.2) is 0 Å². The number of amides is 1. The fourth-order valence-corrected chi connectivity index (χ4v) is 3.66. The number of nitrogens with zero attached hydrogens (tertiary/aromatic N) is 5. The molecule has 1 aliphatic rings. The molecule has 0 bridgehead atoms. The van der Waals surface area contributed by atoms with E-state index in [9.17, 15) is 9.18 Å². The van der Waals surface area contributed by atoms with Gasteiger partial charge < -0.3 is 9.47 Å². The minimum absolute atomic E-state index is 0.179. The van der Waals surface area contributed by atoms with E-state index in [1.54, 1.807) is 12.7 Å². The predicted octanol–water partition coefficient (Wildman–Crippen LogP) is 2.57. The molecule has 1 amide bonds. The Bertz CT molecular complexity index is 716. The highest BCUT2D eigenvalue weighted by Gasteiger charge is 2.29. The standard InChI is InChI=1S/C20H28FN5O/c1-16(2)19-13-26(20(27)8-11-24-14-22-23-15-24)10-3-9-25(19)12-17-4-6-18(21)7-5-17/h4-7,14-16,19H,3,8-13H2,1-2H3. The summed E-state index contributed by atoms with van der Waals surface area (Å²) in [6.07, 6.45) is 4.68. The van der Waals surface area contributed by atoms with Crippen LogP contribution in [0.25, 0.3) is 0 Å². The first-order chi connectivity index (χ1) is 13.0. The third-order valence-electron chi connectivity index (χ3n) is 5.22. The molecule has 0 aliphatic carbocycles. The van der Waals surface area contributed by atoms with E-state index in [4.69, 9.17) is 0 Å². The number of hydrogen-bond acceptors (Lipinski definition) is 4. The van der Waals surface area contributed by atoms with Crippen LogP contribution in [0.5, 0.6) is 0 Å². The number of aromatic nitrogens is 3. The van der Waals surface area contributed by atoms with Gasteiger partial charge in [0.05, 0.1) is 0 Å². The summed E-state index contributed by atoms with van der Waals surface area (Å²) in [5.41, 5.74) is 1.11. The van der Waals surface area contributed by atoms with Gasteiger partial charge in [-0.3, -0.25) is 9.69 Å². The predicted molar refractivity (Wildman–Crippen MR) is 101 cm³/mol. The van der Waals surface area contributed by atoms with E-state index in [-0.39, 0.29) is 17.8 Å². The molecule has 2 heterocycles. The van der Waals surface area contributed by atoms with E-state index in [0.29, 0.717) is 18.9 Å². The number of hydrogen-bond donors (Lipinski definition) is 0. The Balaban J connectivity index is 1.63. The van der Waals surface area contributed by atoms with Crippen LogP contribution in [0, 0.1) is 11.7 Å². The van der Waals surface area contributed by atoms with Crippen LogP contribution < -0.4 is 0 Å². The summed E-state index contributed by atoms with van der Waals surface area (Å²) in [7, 11) is 0. The molecule has 146 valence electrons. The summed E-state index contributed by atoms with van der Waals surface area (Å²) in [4.78, 5) is 17.2. The van der Waals surface area contributed by atoms with E-state index < -0.39 is 0 Å². The zero-order valence-electron chi connectivity index (χ0n) is 16.1. The lowest BCUT2D eigenvalue weighted by molar-refractivity contribution is -0.132. The van der Waals surface area contributed by atoms with Crippen molar-refractivity contribution in [2.45, 2.75) is 45.8 Å². The molecule has 27 heavy (non-hydrogen) atoms. The average Bonchev–Trinajstić information content (AvgIpc) is 3.08. The Kier molecular flexibility index (Phi) is 6.55. The van der Waals surface area contributed by atoms with Crippen molar-refractivity contribution in [1.82, 2.24) is 24.6 Å². The quantitative estimate of drug-likeness (QED) is 0.781. The fraction of sp³-hybridized carbons (Fsp3) is 0.550. The van der Waals surface area contributed by atoms with Crippen LogP contribution in [0.15, 0.2) is 36.9 Å². The summed E-state index contributed by atoms with van der Waals surface area (Å²) in [5.74, 6) is 0.398. The Morgan fingerprint density at radius 2 is 1.89 bits per heavy atom. The summed E-state index contributed by atoms with van der Waals surface area (Å²) < 4.78 is 15.0. The van der Waals surface area contributed by atoms with Crippen molar-refractivity contribution >= 4 is 5.91 Å². The zero-order valence-corrected chi connectivity index (χ0v) is 16.1. The SMILES string of the molecule is CC(C)C1CN(C(=O)CCn2cnnc2)CCCN1Cc1ccc(F)cc1. The molecular weight excluding hydrogens is 345 g/mol. The number of aryl methyl sites for hydroxylation is 1. The lowest BCUT2D eigenvalue weighted by atomic mass is 10.0. The van der Waals surface area contributed by atoms with E-state index in [1.807, 2.05) is 21.6 Å². The average molecular weight is 373 g/mol. The van der Waals surface area contributed by atoms with Gasteiger partial charge in [-0.25, -0.2) is 4.39 Å². The first kappa shape index (κ1) is 19.5. The van der Waals surface area contributed by atoms with Crippen molar-refractivity contribution in [3.63, 3.8) is 0 Å². The molecule has 1 atom stereocenters. The van der Waals surface area contributed by atoms with Gasteiger partial charge in [0, 0.05) is 45.2 Å². The molecule has 1 unspecified atom stereocenters. The summed E-state index contributed by atoms with van der Waals surface area (Å²) in [6, 6.07) is 7.01. The summed E-state index contributed by atoms with van der Waals surface area (Å²) >= 11 is 0. The molecule has 7 heteroatoms. The molecule has 0 spiro atoms. The highest BCUT2D eigenvalue weighted by Crippen LogP contribution is 2.20. The third-order valence-corrected chi connectivity index (χ3v) is 5.22. The number of halogens is 1. The topological polar surface area (TPSA) is 54.3 Å². The molecular formula is C20H28FN5O. The lowest BCUT2D eigenvalue weighted by Crippen LogP contribution is -2.45. The second-order valence-corrected chi connectivity index (χ2v) is 7.55. The van der Waals surface area contributed by atoms with E-state index in [2.05, 4.69) is 28.9 Å². The monoisotopic (exact) mass is 373 g/mol. The van der Waals surface area contributed by atoms with Crippen molar-refractivity contribution in [1.29, 1.82) is 0 Å². The highest BCUT2D eigenvalue weighted by atomic mass is 19.1. The number of carbonyl (C=O) groups excluding carboxylic acids is 1. The van der Waals surface area contributed by atoms with Gasteiger partial charge in [-0.05, 0) is 30.0 Å². The number of benzene rings is 1. The molecule has 3 rings (SSSR count). The zero-order chi connectivity index (χ0) is 19.2. The van der Waals surface area contributed by atoms with Crippen molar-refractivity contribution in [3.8, 4) is 0 Å². The molecule has 1 aromatic heterocycles. The molecule has 6 nitrogen and oxygen atoms in total. The van der Waals surface area contributed by atoms with Gasteiger partial charge in [-0.1, -0.05) is 26.0 Å². The summed E-state index contributed by atoms with van der Waals surface area (Å²) in [5, 5.41) is 7.55. The number of rotatable bonds is 6. The molecule has 0 saturated carbocycles. The normalized spacial score (nSPS) is 18.7. The molecule has 1 aromatic carbocycles. The first-order valence-electron chi connectivity index (χ1n) is 9.61.